The van der Waals surface area contributed by atoms with E-state index >= 15 is 0 Å². The molecule has 0 aliphatic rings. The highest BCUT2D eigenvalue weighted by Gasteiger charge is 2.31. The fourth-order valence-corrected chi connectivity index (χ4v) is 5.20. The van der Waals surface area contributed by atoms with Gasteiger partial charge in [-0.2, -0.15) is 0 Å². The van der Waals surface area contributed by atoms with Gasteiger partial charge in [-0.05, 0) is 54.8 Å². The number of hydrogen-bond acceptors (Lipinski definition) is 5. The first-order chi connectivity index (χ1) is 21.5. The van der Waals surface area contributed by atoms with Crippen molar-refractivity contribution in [1.29, 1.82) is 0 Å². The lowest BCUT2D eigenvalue weighted by molar-refractivity contribution is -0.274. The van der Waals surface area contributed by atoms with E-state index in [9.17, 15) is 27.6 Å². The first kappa shape index (κ1) is 35.9. The Morgan fingerprint density at radius 1 is 0.889 bits per heavy atom. The Kier molecular flexibility index (Phi) is 14.7. The number of unbranched alkanes of at least 4 members (excludes halogenated alkanes) is 8. The van der Waals surface area contributed by atoms with Crippen LogP contribution in [-0.2, 0) is 16.0 Å². The van der Waals surface area contributed by atoms with Crippen molar-refractivity contribution in [2.75, 3.05) is 19.7 Å². The van der Waals surface area contributed by atoms with Gasteiger partial charge in [-0.1, -0.05) is 73.0 Å². The minimum Gasteiger partial charge on any atom is -0.406 e. The zero-order valence-electron chi connectivity index (χ0n) is 25.0. The molecule has 0 radical (unpaired) electrons. The van der Waals surface area contributed by atoms with Crippen LogP contribution in [-0.4, -0.2) is 59.9 Å². The number of amides is 3. The number of carbonyl (C=O) groups is 3. The Morgan fingerprint density at radius 3 is 2.27 bits per heavy atom. The van der Waals surface area contributed by atoms with Crippen LogP contribution in [0.15, 0.2) is 53.0 Å². The number of aromatic nitrogens is 1. The van der Waals surface area contributed by atoms with Gasteiger partial charge in [-0.3, -0.25) is 14.4 Å². The number of halogens is 4. The van der Waals surface area contributed by atoms with Crippen LogP contribution in [0.3, 0.4) is 0 Å². The van der Waals surface area contributed by atoms with Crippen molar-refractivity contribution in [3.05, 3.63) is 64.3 Å². The van der Waals surface area contributed by atoms with Crippen LogP contribution >= 0.6 is 15.9 Å². The second-order valence-electron chi connectivity index (χ2n) is 10.8. The summed E-state index contributed by atoms with van der Waals surface area (Å²) < 4.78 is 42.6. The summed E-state index contributed by atoms with van der Waals surface area (Å²) in [5.41, 5.74) is 1.29. The molecule has 1 aromatic heterocycles. The quantitative estimate of drug-likeness (QED) is 0.0996. The second-order valence-corrected chi connectivity index (χ2v) is 11.7. The number of hydrogen-bond donors (Lipinski definition) is 5. The van der Waals surface area contributed by atoms with Crippen LogP contribution in [0.5, 0.6) is 5.75 Å². The number of aliphatic hydroxyl groups excluding tert-OH is 1. The molecule has 0 bridgehead atoms. The van der Waals surface area contributed by atoms with Crippen molar-refractivity contribution >= 4 is 44.6 Å². The number of ether oxygens (including phenoxy) is 1. The lowest BCUT2D eigenvalue weighted by Gasteiger charge is -2.19. The van der Waals surface area contributed by atoms with Gasteiger partial charge in [0.25, 0.3) is 5.91 Å². The van der Waals surface area contributed by atoms with Gasteiger partial charge in [0.2, 0.25) is 11.8 Å². The zero-order valence-corrected chi connectivity index (χ0v) is 26.6. The fourth-order valence-electron chi connectivity index (χ4n) is 4.82. The predicted octanol–water partition coefficient (Wildman–Crippen LogP) is 5.91. The normalized spacial score (nSPS) is 12.1. The molecule has 0 aliphatic carbocycles. The summed E-state index contributed by atoms with van der Waals surface area (Å²) in [5.74, 6) is -2.02. The molecule has 9 nitrogen and oxygen atoms in total. The van der Waals surface area contributed by atoms with Crippen molar-refractivity contribution in [3.63, 3.8) is 0 Å². The minimum atomic E-state index is -4.87. The molecule has 0 aliphatic heterocycles. The van der Waals surface area contributed by atoms with Crippen molar-refractivity contribution in [2.45, 2.75) is 76.6 Å². The molecule has 1 heterocycles. The Labute approximate surface area is 268 Å². The summed E-state index contributed by atoms with van der Waals surface area (Å²) in [6, 6.07) is 11.1. The van der Waals surface area contributed by atoms with Crippen LogP contribution in [0, 0.1) is 0 Å². The molecular formula is C32H40BrF3N4O5. The second kappa shape index (κ2) is 18.4. The largest absolute Gasteiger partial charge is 0.573 e. The number of nitrogens with one attached hydrogen (secondary N) is 4. The van der Waals surface area contributed by atoms with Gasteiger partial charge in [0.15, 0.2) is 0 Å². The Hall–Kier alpha value is -3.58. The summed E-state index contributed by atoms with van der Waals surface area (Å²) in [7, 11) is 0. The predicted molar refractivity (Wildman–Crippen MR) is 169 cm³/mol. The third-order valence-electron chi connectivity index (χ3n) is 7.08. The van der Waals surface area contributed by atoms with Crippen molar-refractivity contribution in [3.8, 4) is 5.75 Å². The smallest absolute Gasteiger partial charge is 0.406 e. The minimum absolute atomic E-state index is 0.205. The van der Waals surface area contributed by atoms with E-state index in [1.165, 1.54) is 12.1 Å². The lowest BCUT2D eigenvalue weighted by atomic mass is 10.1. The van der Waals surface area contributed by atoms with E-state index in [1.54, 1.807) is 6.07 Å². The van der Waals surface area contributed by atoms with Crippen molar-refractivity contribution in [1.82, 2.24) is 20.9 Å². The molecule has 0 fully saturated rings. The summed E-state index contributed by atoms with van der Waals surface area (Å²) in [4.78, 5) is 41.9. The van der Waals surface area contributed by atoms with E-state index in [1.807, 2.05) is 18.2 Å². The van der Waals surface area contributed by atoms with E-state index in [0.717, 1.165) is 85.3 Å². The summed E-state index contributed by atoms with van der Waals surface area (Å²) in [6.45, 7) is 0.423. The highest BCUT2D eigenvalue weighted by molar-refractivity contribution is 9.10. The Bertz CT molecular complexity index is 1400. The first-order valence-corrected chi connectivity index (χ1v) is 15.9. The van der Waals surface area contributed by atoms with Crippen LogP contribution in [0.4, 0.5) is 13.2 Å². The standard InChI is InChI=1S/C32H40BrF3N4O5/c33-24-13-14-26-23(19-24)20-27(39-26)30(43)38-21-28(31(44)37-15-8-6-4-2-1-3-5-7-9-16-41)40-29(42)18-22-11-10-12-25(17-22)45-32(34,35)36/h10-14,17,19-20,28,39,41H,1-9,15-16,18,21H2,(H,37,44)(H,38,43)(H,40,42). The number of carbonyl (C=O) groups excluding carboxylic acids is 3. The highest BCUT2D eigenvalue weighted by atomic mass is 79.9. The maximum absolute atomic E-state index is 13.1. The average Bonchev–Trinajstić information content (AvgIpc) is 3.40. The van der Waals surface area contributed by atoms with E-state index in [0.29, 0.717) is 6.54 Å². The molecule has 2 aromatic carbocycles. The molecule has 0 saturated carbocycles. The van der Waals surface area contributed by atoms with Crippen molar-refractivity contribution in [2.24, 2.45) is 0 Å². The molecule has 45 heavy (non-hydrogen) atoms. The van der Waals surface area contributed by atoms with Gasteiger partial charge >= 0.3 is 6.36 Å². The molecule has 3 rings (SSSR count). The molecule has 3 amide bonds. The summed E-state index contributed by atoms with van der Waals surface area (Å²) >= 11 is 3.40. The zero-order chi connectivity index (χ0) is 32.7. The molecule has 0 saturated heterocycles. The van der Waals surface area contributed by atoms with Crippen LogP contribution in [0.2, 0.25) is 0 Å². The number of rotatable bonds is 19. The molecule has 0 spiro atoms. The molecule has 1 atom stereocenters. The Balaban J connectivity index is 1.54. The van der Waals surface area contributed by atoms with E-state index in [-0.39, 0.29) is 30.8 Å². The topological polar surface area (TPSA) is 133 Å². The van der Waals surface area contributed by atoms with Gasteiger partial charge in [0.1, 0.15) is 17.5 Å². The van der Waals surface area contributed by atoms with Crippen LogP contribution < -0.4 is 20.7 Å². The third kappa shape index (κ3) is 13.5. The highest BCUT2D eigenvalue weighted by Crippen LogP contribution is 2.24. The van der Waals surface area contributed by atoms with E-state index in [4.69, 9.17) is 5.11 Å². The number of aromatic amines is 1. The molecule has 5 N–H and O–H groups in total. The SMILES string of the molecule is O=C(Cc1cccc(OC(F)(F)F)c1)NC(CNC(=O)c1cc2cc(Br)ccc2[nH]1)C(=O)NCCCCCCCCCCCO. The molecule has 246 valence electrons. The summed E-state index contributed by atoms with van der Waals surface area (Å²) in [5, 5.41) is 17.8. The van der Waals surface area contributed by atoms with Gasteiger partial charge in [-0.25, -0.2) is 0 Å². The maximum atomic E-state index is 13.1. The number of fused-ring (bicyclic) bond motifs is 1. The monoisotopic (exact) mass is 696 g/mol. The van der Waals surface area contributed by atoms with Crippen LogP contribution in [0.25, 0.3) is 10.9 Å². The molecular weight excluding hydrogens is 657 g/mol. The first-order valence-electron chi connectivity index (χ1n) is 15.1. The van der Waals surface area contributed by atoms with Crippen molar-refractivity contribution < 1.29 is 37.4 Å². The van der Waals surface area contributed by atoms with E-state index in [2.05, 4.69) is 41.6 Å². The van der Waals surface area contributed by atoms with Gasteiger partial charge < -0.3 is 30.8 Å². The van der Waals surface area contributed by atoms with Gasteiger partial charge in [-0.15, -0.1) is 13.2 Å². The number of benzene rings is 2. The number of aliphatic hydroxyl groups is 1. The molecule has 1 unspecified atom stereocenters. The average molecular weight is 698 g/mol. The summed E-state index contributed by atoms with van der Waals surface area (Å²) in [6.07, 6.45) is 3.90. The third-order valence-corrected chi connectivity index (χ3v) is 7.57. The maximum Gasteiger partial charge on any atom is 0.573 e. The van der Waals surface area contributed by atoms with Crippen LogP contribution in [0.1, 0.15) is 73.8 Å². The molecule has 13 heteroatoms. The lowest BCUT2D eigenvalue weighted by Crippen LogP contribution is -2.53. The number of H-pyrrole nitrogens is 1. The fraction of sp³-hybridized carbons (Fsp3) is 0.469. The Morgan fingerprint density at radius 2 is 1.58 bits per heavy atom. The number of alkyl halides is 3. The van der Waals surface area contributed by atoms with Gasteiger partial charge in [0, 0.05) is 35.1 Å². The van der Waals surface area contributed by atoms with Gasteiger partial charge in [0.05, 0.1) is 6.42 Å². The molecule has 3 aromatic rings. The van der Waals surface area contributed by atoms with E-state index < -0.39 is 35.9 Å².